The number of hydrogen-bond acceptors (Lipinski definition) is 4. The van der Waals surface area contributed by atoms with Crippen molar-refractivity contribution >= 4 is 40.3 Å². The molecule has 2 saturated heterocycles. The van der Waals surface area contributed by atoms with Crippen LogP contribution in [0.1, 0.15) is 37.0 Å². The van der Waals surface area contributed by atoms with Crippen LogP contribution in [0, 0.1) is 0 Å². The predicted octanol–water partition coefficient (Wildman–Crippen LogP) is 5.60. The summed E-state index contributed by atoms with van der Waals surface area (Å²) in [4.78, 5) is 18.4. The van der Waals surface area contributed by atoms with Gasteiger partial charge in [-0.05, 0) is 61.7 Å². The van der Waals surface area contributed by atoms with Gasteiger partial charge in [-0.3, -0.25) is 0 Å². The van der Waals surface area contributed by atoms with Crippen molar-refractivity contribution in [1.29, 1.82) is 0 Å². The van der Waals surface area contributed by atoms with E-state index in [1.165, 1.54) is 19.3 Å². The largest absolute Gasteiger partial charge is 0.376 e. The molecule has 1 aromatic carbocycles. The number of anilines is 2. The first-order valence-electron chi connectivity index (χ1n) is 10.4. The molecule has 2 fully saturated rings. The highest BCUT2D eigenvalue weighted by atomic mass is 35.5. The van der Waals surface area contributed by atoms with Crippen molar-refractivity contribution in [3.63, 3.8) is 0 Å². The van der Waals surface area contributed by atoms with Crippen molar-refractivity contribution in [2.45, 2.75) is 44.8 Å². The standard InChI is InChI=1S/C22H28ClN3O2S/c23-20-14-17(8-9-21(20)25-10-2-1-3-11-25)24-22(27)26(15-18-6-4-12-28-18)16-19-7-5-13-29-19/h5,7-9,13-14,18H,1-4,6,10-12,15-16H2,(H,24,27). The Labute approximate surface area is 181 Å². The number of piperidine rings is 1. The average Bonchev–Trinajstić information content (AvgIpc) is 3.42. The lowest BCUT2D eigenvalue weighted by Gasteiger charge is -2.30. The van der Waals surface area contributed by atoms with E-state index in [4.69, 9.17) is 16.3 Å². The van der Waals surface area contributed by atoms with Gasteiger partial charge in [0.1, 0.15) is 0 Å². The molecule has 3 heterocycles. The Morgan fingerprint density at radius 3 is 2.79 bits per heavy atom. The molecule has 0 radical (unpaired) electrons. The van der Waals surface area contributed by atoms with Crippen LogP contribution >= 0.6 is 22.9 Å². The number of carbonyl (C=O) groups excluding carboxylic acids is 1. The van der Waals surface area contributed by atoms with E-state index < -0.39 is 0 Å². The Kier molecular flexibility index (Phi) is 6.95. The fourth-order valence-electron chi connectivity index (χ4n) is 4.02. The molecule has 2 aliphatic heterocycles. The maximum Gasteiger partial charge on any atom is 0.322 e. The molecule has 1 unspecified atom stereocenters. The lowest BCUT2D eigenvalue weighted by atomic mass is 10.1. The van der Waals surface area contributed by atoms with Crippen LogP contribution in [0.5, 0.6) is 0 Å². The zero-order chi connectivity index (χ0) is 20.1. The number of urea groups is 1. The Balaban J connectivity index is 1.43. The second kappa shape index (κ2) is 9.83. The molecule has 0 saturated carbocycles. The molecule has 1 aromatic heterocycles. The van der Waals surface area contributed by atoms with Crippen LogP contribution in [0.4, 0.5) is 16.2 Å². The van der Waals surface area contributed by atoms with Gasteiger partial charge >= 0.3 is 6.03 Å². The molecule has 2 aromatic rings. The van der Waals surface area contributed by atoms with E-state index in [-0.39, 0.29) is 12.1 Å². The minimum atomic E-state index is -0.115. The van der Waals surface area contributed by atoms with Gasteiger partial charge in [-0.25, -0.2) is 4.79 Å². The zero-order valence-corrected chi connectivity index (χ0v) is 18.2. The maximum atomic E-state index is 13.0. The Bertz CT molecular complexity index is 802. The van der Waals surface area contributed by atoms with Gasteiger partial charge in [-0.1, -0.05) is 17.7 Å². The van der Waals surface area contributed by atoms with Crippen LogP contribution in [0.25, 0.3) is 0 Å². The van der Waals surface area contributed by atoms with Crippen LogP contribution in [0.3, 0.4) is 0 Å². The number of benzene rings is 1. The van der Waals surface area contributed by atoms with Gasteiger partial charge < -0.3 is 19.9 Å². The van der Waals surface area contributed by atoms with Crippen molar-refractivity contribution in [3.05, 3.63) is 45.6 Å². The third-order valence-corrected chi connectivity index (χ3v) is 6.72. The quantitative estimate of drug-likeness (QED) is 0.644. The van der Waals surface area contributed by atoms with E-state index in [2.05, 4.69) is 16.3 Å². The summed E-state index contributed by atoms with van der Waals surface area (Å²) in [6, 6.07) is 9.79. The first-order valence-corrected chi connectivity index (χ1v) is 11.7. The molecule has 156 valence electrons. The van der Waals surface area contributed by atoms with Crippen LogP contribution in [0.15, 0.2) is 35.7 Å². The molecule has 1 N–H and O–H groups in total. The molecule has 1 atom stereocenters. The van der Waals surface area contributed by atoms with E-state index in [0.717, 1.165) is 48.8 Å². The van der Waals surface area contributed by atoms with Crippen molar-refractivity contribution in [3.8, 4) is 0 Å². The minimum Gasteiger partial charge on any atom is -0.376 e. The van der Waals surface area contributed by atoms with E-state index >= 15 is 0 Å². The summed E-state index contributed by atoms with van der Waals surface area (Å²) in [5.41, 5.74) is 1.78. The van der Waals surface area contributed by atoms with Crippen molar-refractivity contribution < 1.29 is 9.53 Å². The van der Waals surface area contributed by atoms with Crippen LogP contribution in [-0.4, -0.2) is 43.3 Å². The molecule has 2 amide bonds. The van der Waals surface area contributed by atoms with Crippen LogP contribution in [-0.2, 0) is 11.3 Å². The van der Waals surface area contributed by atoms with E-state index in [0.29, 0.717) is 18.1 Å². The van der Waals surface area contributed by atoms with Gasteiger partial charge in [0.05, 0.1) is 23.4 Å². The number of carbonyl (C=O) groups is 1. The second-order valence-electron chi connectivity index (χ2n) is 7.74. The summed E-state index contributed by atoms with van der Waals surface area (Å²) < 4.78 is 5.76. The fourth-order valence-corrected chi connectivity index (χ4v) is 5.04. The van der Waals surface area contributed by atoms with Gasteiger partial charge in [0.25, 0.3) is 0 Å². The summed E-state index contributed by atoms with van der Waals surface area (Å²) in [5.74, 6) is 0. The SMILES string of the molecule is O=C(Nc1ccc(N2CCCCC2)c(Cl)c1)N(Cc1cccs1)CC1CCCO1. The van der Waals surface area contributed by atoms with Crippen LogP contribution < -0.4 is 10.2 Å². The monoisotopic (exact) mass is 433 g/mol. The second-order valence-corrected chi connectivity index (χ2v) is 9.18. The van der Waals surface area contributed by atoms with Crippen molar-refractivity contribution in [1.82, 2.24) is 4.90 Å². The number of amides is 2. The van der Waals surface area contributed by atoms with E-state index in [1.54, 1.807) is 11.3 Å². The zero-order valence-electron chi connectivity index (χ0n) is 16.6. The topological polar surface area (TPSA) is 44.8 Å². The highest BCUT2D eigenvalue weighted by Gasteiger charge is 2.23. The Morgan fingerprint density at radius 2 is 2.10 bits per heavy atom. The highest BCUT2D eigenvalue weighted by molar-refractivity contribution is 7.09. The number of rotatable bonds is 6. The molecular weight excluding hydrogens is 406 g/mol. The maximum absolute atomic E-state index is 13.0. The Morgan fingerprint density at radius 1 is 1.24 bits per heavy atom. The third kappa shape index (κ3) is 5.44. The summed E-state index contributed by atoms with van der Waals surface area (Å²) in [6.07, 6.45) is 5.88. The average molecular weight is 434 g/mol. The Hall–Kier alpha value is -1.76. The molecule has 5 nitrogen and oxygen atoms in total. The fraction of sp³-hybridized carbons (Fsp3) is 0.500. The summed E-state index contributed by atoms with van der Waals surface area (Å²) in [6.45, 7) is 4.06. The lowest BCUT2D eigenvalue weighted by Crippen LogP contribution is -2.39. The van der Waals surface area contributed by atoms with E-state index in [1.807, 2.05) is 34.5 Å². The number of nitrogens with one attached hydrogen (secondary N) is 1. The van der Waals surface area contributed by atoms with Gasteiger partial charge in [0, 0.05) is 36.8 Å². The van der Waals surface area contributed by atoms with E-state index in [9.17, 15) is 4.79 Å². The van der Waals surface area contributed by atoms with Gasteiger partial charge in [0.15, 0.2) is 0 Å². The molecular formula is C22H28ClN3O2S. The molecule has 0 bridgehead atoms. The van der Waals surface area contributed by atoms with Crippen LogP contribution in [0.2, 0.25) is 5.02 Å². The number of nitrogens with zero attached hydrogens (tertiary/aromatic N) is 2. The lowest BCUT2D eigenvalue weighted by molar-refractivity contribution is 0.0821. The van der Waals surface area contributed by atoms with Gasteiger partial charge in [-0.2, -0.15) is 0 Å². The number of ether oxygens (including phenoxy) is 1. The molecule has 4 rings (SSSR count). The number of halogens is 1. The van der Waals surface area contributed by atoms with Gasteiger partial charge in [0.2, 0.25) is 0 Å². The first-order chi connectivity index (χ1) is 14.2. The van der Waals surface area contributed by atoms with Gasteiger partial charge in [-0.15, -0.1) is 11.3 Å². The normalized spacial score (nSPS) is 19.3. The molecule has 29 heavy (non-hydrogen) atoms. The third-order valence-electron chi connectivity index (χ3n) is 5.56. The summed E-state index contributed by atoms with van der Waals surface area (Å²) in [7, 11) is 0. The first kappa shape index (κ1) is 20.5. The number of hydrogen-bond donors (Lipinski definition) is 1. The smallest absolute Gasteiger partial charge is 0.322 e. The molecule has 7 heteroatoms. The molecule has 2 aliphatic rings. The molecule has 0 spiro atoms. The summed E-state index contributed by atoms with van der Waals surface area (Å²) >= 11 is 8.22. The highest BCUT2D eigenvalue weighted by Crippen LogP contribution is 2.31. The van der Waals surface area contributed by atoms with Crippen molar-refractivity contribution in [2.24, 2.45) is 0 Å². The predicted molar refractivity (Wildman–Crippen MR) is 120 cm³/mol. The van der Waals surface area contributed by atoms with Crippen molar-refractivity contribution in [2.75, 3.05) is 36.5 Å². The number of thiophene rings is 1. The summed E-state index contributed by atoms with van der Waals surface area (Å²) in [5, 5.41) is 5.76. The molecule has 0 aliphatic carbocycles. The minimum absolute atomic E-state index is 0.115.